The maximum absolute atomic E-state index is 13.0. The molecule has 1 saturated heterocycles. The number of carbonyl (C=O) groups is 1. The third kappa shape index (κ3) is 4.28. The first-order valence-electron chi connectivity index (χ1n) is 8.40. The Morgan fingerprint density at radius 3 is 2.50 bits per heavy atom. The third-order valence-corrected chi connectivity index (χ3v) is 6.06. The van der Waals surface area contributed by atoms with Gasteiger partial charge < -0.3 is 14.2 Å². The monoisotopic (exact) mass is 527 g/mol. The largest absolute Gasteiger partial charge is 0.497 e. The van der Waals surface area contributed by atoms with Gasteiger partial charge in [-0.15, -0.1) is 0 Å². The van der Waals surface area contributed by atoms with Crippen molar-refractivity contribution in [3.8, 4) is 17.2 Å². The van der Waals surface area contributed by atoms with Gasteiger partial charge in [0.1, 0.15) is 5.75 Å². The molecule has 1 amide bonds. The fraction of sp³-hybridized carbons (Fsp3) is 0.200. The van der Waals surface area contributed by atoms with Crippen LogP contribution in [0.3, 0.4) is 0 Å². The second kappa shape index (κ2) is 9.15. The Labute approximate surface area is 187 Å². The Bertz CT molecular complexity index is 944. The maximum Gasteiger partial charge on any atom is 0.270 e. The van der Waals surface area contributed by atoms with Crippen LogP contribution in [0.5, 0.6) is 17.2 Å². The van der Waals surface area contributed by atoms with E-state index in [9.17, 15) is 4.79 Å². The summed E-state index contributed by atoms with van der Waals surface area (Å²) >= 11 is 8.91. The van der Waals surface area contributed by atoms with E-state index in [0.717, 1.165) is 14.9 Å². The van der Waals surface area contributed by atoms with Gasteiger partial charge in [-0.1, -0.05) is 24.0 Å². The van der Waals surface area contributed by atoms with Crippen molar-refractivity contribution in [2.45, 2.75) is 6.92 Å². The molecule has 0 spiro atoms. The van der Waals surface area contributed by atoms with E-state index in [1.165, 1.54) is 16.7 Å². The zero-order valence-electron chi connectivity index (χ0n) is 15.5. The minimum Gasteiger partial charge on any atom is -0.497 e. The molecule has 0 bridgehead atoms. The number of methoxy groups -OCH3 is 2. The maximum atomic E-state index is 13.0. The van der Waals surface area contributed by atoms with E-state index in [4.69, 9.17) is 26.4 Å². The molecule has 0 radical (unpaired) electrons. The molecule has 1 fully saturated rings. The lowest BCUT2D eigenvalue weighted by Crippen LogP contribution is -2.27. The van der Waals surface area contributed by atoms with Crippen molar-refractivity contribution in [3.63, 3.8) is 0 Å². The first-order valence-corrected chi connectivity index (χ1v) is 10.7. The van der Waals surface area contributed by atoms with Crippen molar-refractivity contribution in [3.05, 3.63) is 50.4 Å². The number of benzene rings is 2. The average molecular weight is 527 g/mol. The number of thiocarbonyl (C=S) groups is 1. The second-order valence-corrected chi connectivity index (χ2v) is 8.52. The molecule has 1 heterocycles. The smallest absolute Gasteiger partial charge is 0.270 e. The third-order valence-electron chi connectivity index (χ3n) is 3.96. The van der Waals surface area contributed by atoms with Crippen molar-refractivity contribution < 1.29 is 19.0 Å². The minimum atomic E-state index is -0.149. The van der Waals surface area contributed by atoms with Crippen LogP contribution in [0, 0.1) is 3.57 Å². The number of thioether (sulfide) groups is 1. The summed E-state index contributed by atoms with van der Waals surface area (Å²) in [6.07, 6.45) is 1.83. The van der Waals surface area contributed by atoms with E-state index in [1.807, 2.05) is 37.3 Å². The molecule has 0 aliphatic carbocycles. The second-order valence-electron chi connectivity index (χ2n) is 5.68. The number of hydrogen-bond acceptors (Lipinski definition) is 6. The minimum absolute atomic E-state index is 0.149. The summed E-state index contributed by atoms with van der Waals surface area (Å²) in [6.45, 7) is 2.44. The van der Waals surface area contributed by atoms with Crippen molar-refractivity contribution in [2.24, 2.45) is 0 Å². The highest BCUT2D eigenvalue weighted by Crippen LogP contribution is 2.39. The molecule has 2 aromatic carbocycles. The van der Waals surface area contributed by atoms with Gasteiger partial charge in [0.15, 0.2) is 15.8 Å². The van der Waals surface area contributed by atoms with Crippen LogP contribution in [0.1, 0.15) is 12.5 Å². The highest BCUT2D eigenvalue weighted by Gasteiger charge is 2.33. The molecule has 5 nitrogen and oxygen atoms in total. The van der Waals surface area contributed by atoms with Gasteiger partial charge in [0.05, 0.1) is 35.0 Å². The standard InChI is InChI=1S/C20H18INO4S2/c1-4-26-16-10-12(9-15(21)18(16)25-3)11-17-19(23)22(20(27)28-17)13-5-7-14(24-2)8-6-13/h5-11H,4H2,1-3H3/b17-11+. The first-order chi connectivity index (χ1) is 13.5. The van der Waals surface area contributed by atoms with Gasteiger partial charge in [0, 0.05) is 0 Å². The van der Waals surface area contributed by atoms with Crippen LogP contribution in [-0.2, 0) is 4.79 Å². The number of rotatable bonds is 6. The zero-order chi connectivity index (χ0) is 20.3. The molecule has 0 saturated carbocycles. The van der Waals surface area contributed by atoms with Gasteiger partial charge >= 0.3 is 0 Å². The van der Waals surface area contributed by atoms with Crippen LogP contribution in [0.25, 0.3) is 6.08 Å². The quantitative estimate of drug-likeness (QED) is 0.296. The van der Waals surface area contributed by atoms with Crippen molar-refractivity contribution in [1.82, 2.24) is 0 Å². The highest BCUT2D eigenvalue weighted by atomic mass is 127. The predicted octanol–water partition coefficient (Wildman–Crippen LogP) is 5.11. The van der Waals surface area contributed by atoms with Gasteiger partial charge in [-0.05, 0) is 77.6 Å². The number of carbonyl (C=O) groups excluding carboxylic acids is 1. The average Bonchev–Trinajstić information content (AvgIpc) is 2.95. The lowest BCUT2D eigenvalue weighted by Gasteiger charge is -2.14. The summed E-state index contributed by atoms with van der Waals surface area (Å²) in [5.41, 5.74) is 1.56. The fourth-order valence-electron chi connectivity index (χ4n) is 2.71. The predicted molar refractivity (Wildman–Crippen MR) is 126 cm³/mol. The van der Waals surface area contributed by atoms with Crippen LogP contribution < -0.4 is 19.1 Å². The number of ether oxygens (including phenoxy) is 3. The summed E-state index contributed by atoms with van der Waals surface area (Å²) < 4.78 is 17.7. The molecule has 2 aromatic rings. The van der Waals surface area contributed by atoms with Crippen LogP contribution in [0.2, 0.25) is 0 Å². The Morgan fingerprint density at radius 2 is 1.89 bits per heavy atom. The van der Waals surface area contributed by atoms with Crippen LogP contribution in [-0.4, -0.2) is 31.1 Å². The summed E-state index contributed by atoms with van der Waals surface area (Å²) in [5, 5.41) is 0. The molecule has 0 unspecified atom stereocenters. The zero-order valence-corrected chi connectivity index (χ0v) is 19.3. The van der Waals surface area contributed by atoms with Crippen LogP contribution in [0.15, 0.2) is 41.3 Å². The molecule has 146 valence electrons. The number of amides is 1. The van der Waals surface area contributed by atoms with E-state index in [2.05, 4.69) is 22.6 Å². The van der Waals surface area contributed by atoms with E-state index >= 15 is 0 Å². The molecule has 3 rings (SSSR count). The number of nitrogens with zero attached hydrogens (tertiary/aromatic N) is 1. The SMILES string of the molecule is CCOc1cc(/C=C2/SC(=S)N(c3ccc(OC)cc3)C2=O)cc(I)c1OC. The molecule has 8 heteroatoms. The lowest BCUT2D eigenvalue weighted by molar-refractivity contribution is -0.113. The summed E-state index contributed by atoms with van der Waals surface area (Å²) in [7, 11) is 3.21. The molecule has 1 aliphatic rings. The van der Waals surface area contributed by atoms with Gasteiger partial charge in [0.2, 0.25) is 0 Å². The summed E-state index contributed by atoms with van der Waals surface area (Å²) in [5.74, 6) is 1.91. The highest BCUT2D eigenvalue weighted by molar-refractivity contribution is 14.1. The van der Waals surface area contributed by atoms with E-state index in [1.54, 1.807) is 26.4 Å². The number of anilines is 1. The normalized spacial score (nSPS) is 15.3. The molecular formula is C20H18INO4S2. The number of hydrogen-bond donors (Lipinski definition) is 0. The van der Waals surface area contributed by atoms with E-state index < -0.39 is 0 Å². The van der Waals surface area contributed by atoms with Crippen molar-refractivity contribution >= 4 is 68.6 Å². The molecule has 0 atom stereocenters. The molecule has 0 N–H and O–H groups in total. The Balaban J connectivity index is 1.93. The number of halogens is 1. The first kappa shape index (κ1) is 20.9. The van der Waals surface area contributed by atoms with Gasteiger partial charge in [-0.3, -0.25) is 9.69 Å². The molecule has 28 heavy (non-hydrogen) atoms. The van der Waals surface area contributed by atoms with Crippen LogP contribution >= 0.6 is 46.6 Å². The summed E-state index contributed by atoms with van der Waals surface area (Å²) in [4.78, 5) is 15.0. The van der Waals surface area contributed by atoms with Crippen molar-refractivity contribution in [1.29, 1.82) is 0 Å². The van der Waals surface area contributed by atoms with Crippen molar-refractivity contribution in [2.75, 3.05) is 25.7 Å². The van der Waals surface area contributed by atoms with Crippen LogP contribution in [0.4, 0.5) is 5.69 Å². The lowest BCUT2D eigenvalue weighted by atomic mass is 10.1. The molecule has 0 aromatic heterocycles. The van der Waals surface area contributed by atoms with Gasteiger partial charge in [-0.2, -0.15) is 0 Å². The van der Waals surface area contributed by atoms with Gasteiger partial charge in [-0.25, -0.2) is 0 Å². The Hall–Kier alpha value is -1.78. The molecular weight excluding hydrogens is 509 g/mol. The Morgan fingerprint density at radius 1 is 1.18 bits per heavy atom. The van der Waals surface area contributed by atoms with Gasteiger partial charge in [0.25, 0.3) is 5.91 Å². The Kier molecular flexibility index (Phi) is 6.84. The fourth-order valence-corrected chi connectivity index (χ4v) is 4.85. The molecule has 1 aliphatic heterocycles. The summed E-state index contributed by atoms with van der Waals surface area (Å²) in [6, 6.07) is 11.0. The topological polar surface area (TPSA) is 48.0 Å². The van der Waals surface area contributed by atoms with E-state index in [-0.39, 0.29) is 5.91 Å². The van der Waals surface area contributed by atoms with E-state index in [0.29, 0.717) is 33.0 Å².